The minimum absolute atomic E-state index is 0.209. The Labute approximate surface area is 242 Å². The van der Waals surface area contributed by atoms with Gasteiger partial charge in [0, 0.05) is 10.9 Å². The third-order valence-electron chi connectivity index (χ3n) is 6.10. The molecule has 0 bridgehead atoms. The fourth-order valence-corrected chi connectivity index (χ4v) is 5.44. The first-order chi connectivity index (χ1) is 18.5. The molecule has 0 aliphatic carbocycles. The van der Waals surface area contributed by atoms with Gasteiger partial charge < -0.3 is 9.47 Å². The first-order valence-electron chi connectivity index (χ1n) is 12.3. The molecule has 8 heteroatoms. The smallest absolute Gasteiger partial charge is 0.282 e. The average molecular weight is 682 g/mol. The van der Waals surface area contributed by atoms with E-state index in [1.54, 1.807) is 12.3 Å². The van der Waals surface area contributed by atoms with Crippen molar-refractivity contribution in [1.29, 1.82) is 0 Å². The Kier molecular flexibility index (Phi) is 8.09. The van der Waals surface area contributed by atoms with Crippen LogP contribution in [-0.2, 0) is 13.0 Å². The van der Waals surface area contributed by atoms with E-state index in [0.29, 0.717) is 47.9 Å². The molecule has 0 amide bonds. The average Bonchev–Trinajstić information content (AvgIpc) is 2.92. The highest BCUT2D eigenvalue weighted by Crippen LogP contribution is 2.35. The first kappa shape index (κ1) is 26.4. The summed E-state index contributed by atoms with van der Waals surface area (Å²) in [7, 11) is 0. The summed E-state index contributed by atoms with van der Waals surface area (Å²) in [4.78, 5) is 17.9. The van der Waals surface area contributed by atoms with E-state index in [0.717, 1.165) is 19.2 Å². The summed E-state index contributed by atoms with van der Waals surface area (Å²) in [6, 6.07) is 23.8. The summed E-state index contributed by atoms with van der Waals surface area (Å²) in [6.45, 7) is 4.80. The van der Waals surface area contributed by atoms with E-state index in [9.17, 15) is 4.79 Å². The summed E-state index contributed by atoms with van der Waals surface area (Å²) < 4.78 is 15.3. The Hall–Kier alpha value is -3.24. The Morgan fingerprint density at radius 2 is 1.82 bits per heavy atom. The van der Waals surface area contributed by atoms with Crippen LogP contribution in [-0.4, -0.2) is 22.5 Å². The lowest BCUT2D eigenvalue weighted by Crippen LogP contribution is -2.22. The number of aryl methyl sites for hydroxylation is 1. The van der Waals surface area contributed by atoms with Crippen molar-refractivity contribution >= 4 is 66.4 Å². The number of aromatic nitrogens is 2. The second-order valence-electron chi connectivity index (χ2n) is 8.59. The van der Waals surface area contributed by atoms with Crippen molar-refractivity contribution in [2.24, 2.45) is 5.10 Å². The lowest BCUT2D eigenvalue weighted by atomic mass is 10.1. The van der Waals surface area contributed by atoms with Gasteiger partial charge in [-0.1, -0.05) is 65.3 Å². The van der Waals surface area contributed by atoms with Gasteiger partial charge in [0.2, 0.25) is 0 Å². The van der Waals surface area contributed by atoms with Crippen LogP contribution in [0.3, 0.4) is 0 Å². The summed E-state index contributed by atoms with van der Waals surface area (Å²) in [5.74, 6) is 1.90. The van der Waals surface area contributed by atoms with E-state index in [2.05, 4.69) is 72.9 Å². The largest absolute Gasteiger partial charge is 0.490 e. The number of halogens is 2. The molecule has 0 spiro atoms. The number of ether oxygens (including phenoxy) is 2. The van der Waals surface area contributed by atoms with E-state index < -0.39 is 0 Å². The molecule has 5 rings (SSSR count). The Bertz CT molecular complexity index is 1730. The van der Waals surface area contributed by atoms with Gasteiger partial charge in [0.15, 0.2) is 11.5 Å². The number of hydrogen-bond donors (Lipinski definition) is 0. The highest BCUT2D eigenvalue weighted by Gasteiger charge is 2.14. The van der Waals surface area contributed by atoms with E-state index in [1.165, 1.54) is 15.4 Å². The van der Waals surface area contributed by atoms with Crippen molar-refractivity contribution < 1.29 is 9.47 Å². The van der Waals surface area contributed by atoms with E-state index >= 15 is 0 Å². The van der Waals surface area contributed by atoms with Crippen molar-refractivity contribution in [2.45, 2.75) is 26.9 Å². The second-order valence-corrected chi connectivity index (χ2v) is 10.7. The zero-order valence-electron chi connectivity index (χ0n) is 20.9. The molecule has 0 atom stereocenters. The molecule has 0 saturated heterocycles. The van der Waals surface area contributed by atoms with Gasteiger partial charge in [-0.2, -0.15) is 9.78 Å². The molecule has 0 aliphatic rings. The van der Waals surface area contributed by atoms with Crippen molar-refractivity contribution in [1.82, 2.24) is 9.66 Å². The van der Waals surface area contributed by atoms with Crippen LogP contribution in [0.25, 0.3) is 21.7 Å². The molecule has 0 radical (unpaired) electrons. The second kappa shape index (κ2) is 11.7. The van der Waals surface area contributed by atoms with Gasteiger partial charge in [-0.05, 0) is 81.7 Å². The highest BCUT2D eigenvalue weighted by molar-refractivity contribution is 14.1. The lowest BCUT2D eigenvalue weighted by Gasteiger charge is -2.15. The zero-order chi connectivity index (χ0) is 26.6. The molecule has 0 unspecified atom stereocenters. The normalized spacial score (nSPS) is 11.5. The first-order valence-corrected chi connectivity index (χ1v) is 14.2. The monoisotopic (exact) mass is 681 g/mol. The molecule has 0 fully saturated rings. The number of benzene rings is 4. The van der Waals surface area contributed by atoms with Crippen molar-refractivity contribution in [3.63, 3.8) is 0 Å². The van der Waals surface area contributed by atoms with E-state index in [4.69, 9.17) is 9.47 Å². The standard InChI is InChI=1S/C30H25BrIN3O3/c1-3-28-34-26-13-12-22(31)16-24(26)30(36)35(28)33-17-19-14-25(32)29(27(15-19)37-4-2)38-18-21-10-7-9-20-8-5-6-11-23(20)21/h5-17H,3-4,18H2,1-2H3. The van der Waals surface area contributed by atoms with Gasteiger partial charge in [-0.15, -0.1) is 0 Å². The van der Waals surface area contributed by atoms with Crippen LogP contribution >= 0.6 is 38.5 Å². The molecule has 38 heavy (non-hydrogen) atoms. The molecule has 4 aromatic carbocycles. The van der Waals surface area contributed by atoms with Crippen LogP contribution in [0.15, 0.2) is 87.2 Å². The molecule has 1 heterocycles. The quantitative estimate of drug-likeness (QED) is 0.127. The maximum absolute atomic E-state index is 13.2. The number of rotatable bonds is 8. The highest BCUT2D eigenvalue weighted by atomic mass is 127. The molecule has 6 nitrogen and oxygen atoms in total. The van der Waals surface area contributed by atoms with Gasteiger partial charge in [0.1, 0.15) is 12.4 Å². The van der Waals surface area contributed by atoms with E-state index in [1.807, 2.05) is 56.3 Å². The molecule has 0 aliphatic heterocycles. The van der Waals surface area contributed by atoms with Gasteiger partial charge in [-0.25, -0.2) is 4.98 Å². The summed E-state index contributed by atoms with van der Waals surface area (Å²) in [6.07, 6.45) is 2.23. The maximum atomic E-state index is 13.2. The van der Waals surface area contributed by atoms with Gasteiger partial charge in [-0.3, -0.25) is 4.79 Å². The predicted octanol–water partition coefficient (Wildman–Crippen LogP) is 7.34. The lowest BCUT2D eigenvalue weighted by molar-refractivity contribution is 0.268. The van der Waals surface area contributed by atoms with Crippen LogP contribution < -0.4 is 15.0 Å². The topological polar surface area (TPSA) is 65.7 Å². The molecular formula is C30H25BrIN3O3. The Balaban J connectivity index is 1.47. The van der Waals surface area contributed by atoms with Gasteiger partial charge in [0.05, 0.1) is 27.3 Å². The summed E-state index contributed by atoms with van der Waals surface area (Å²) >= 11 is 5.69. The van der Waals surface area contributed by atoms with Crippen LogP contribution in [0.5, 0.6) is 11.5 Å². The molecule has 5 aromatic rings. The van der Waals surface area contributed by atoms with E-state index in [-0.39, 0.29) is 5.56 Å². The number of hydrogen-bond acceptors (Lipinski definition) is 5. The molecule has 1 aromatic heterocycles. The Morgan fingerprint density at radius 3 is 2.63 bits per heavy atom. The fraction of sp³-hybridized carbons (Fsp3) is 0.167. The van der Waals surface area contributed by atoms with Crippen LogP contribution in [0, 0.1) is 3.57 Å². The van der Waals surface area contributed by atoms with Crippen LogP contribution in [0.2, 0.25) is 0 Å². The SMILES string of the molecule is CCOc1cc(C=Nn2c(CC)nc3ccc(Br)cc3c2=O)cc(I)c1OCc1cccc2ccccc12. The predicted molar refractivity (Wildman–Crippen MR) is 165 cm³/mol. The summed E-state index contributed by atoms with van der Waals surface area (Å²) in [5.41, 5.74) is 2.34. The van der Waals surface area contributed by atoms with Crippen molar-refractivity contribution in [3.05, 3.63) is 108 Å². The van der Waals surface area contributed by atoms with Crippen LogP contribution in [0.4, 0.5) is 0 Å². The van der Waals surface area contributed by atoms with Crippen LogP contribution in [0.1, 0.15) is 30.8 Å². The summed E-state index contributed by atoms with van der Waals surface area (Å²) in [5, 5.41) is 7.38. The van der Waals surface area contributed by atoms with Gasteiger partial charge >= 0.3 is 0 Å². The Morgan fingerprint density at radius 1 is 1.00 bits per heavy atom. The molecule has 0 saturated carbocycles. The van der Waals surface area contributed by atoms with Crippen molar-refractivity contribution in [3.8, 4) is 11.5 Å². The third-order valence-corrected chi connectivity index (χ3v) is 7.39. The molecule has 192 valence electrons. The fourth-order valence-electron chi connectivity index (χ4n) is 4.30. The number of fused-ring (bicyclic) bond motifs is 2. The minimum Gasteiger partial charge on any atom is -0.490 e. The zero-order valence-corrected chi connectivity index (χ0v) is 24.7. The van der Waals surface area contributed by atoms with Crippen molar-refractivity contribution in [2.75, 3.05) is 6.61 Å². The molecule has 0 N–H and O–H groups in total. The minimum atomic E-state index is -0.209. The van der Waals surface area contributed by atoms with Gasteiger partial charge in [0.25, 0.3) is 5.56 Å². The number of nitrogens with zero attached hydrogens (tertiary/aromatic N) is 3. The molecular weight excluding hydrogens is 657 g/mol. The third kappa shape index (κ3) is 5.47. The maximum Gasteiger partial charge on any atom is 0.282 e.